The van der Waals surface area contributed by atoms with Gasteiger partial charge in [-0.05, 0) is 30.4 Å². The molecule has 3 nitrogen and oxygen atoms in total. The van der Waals surface area contributed by atoms with Crippen LogP contribution in [0.3, 0.4) is 0 Å². The molecule has 1 aromatic rings. The third-order valence-corrected chi connectivity index (χ3v) is 3.73. The lowest BCUT2D eigenvalue weighted by atomic mass is 10.1. The maximum absolute atomic E-state index is 11.5. The van der Waals surface area contributed by atoms with Gasteiger partial charge >= 0.3 is 0 Å². The van der Waals surface area contributed by atoms with Crippen molar-refractivity contribution in [1.29, 1.82) is 0 Å². The molecule has 4 heteroatoms. The van der Waals surface area contributed by atoms with E-state index in [1.165, 1.54) is 24.8 Å². The number of carbonyl (C=O) groups is 1. The number of carbonyl (C=O) groups excluding carboxylic acids is 1. The van der Waals surface area contributed by atoms with Gasteiger partial charge in [0.1, 0.15) is 0 Å². The second kappa shape index (κ2) is 8.86. The summed E-state index contributed by atoms with van der Waals surface area (Å²) in [6, 6.07) is 2.04. The van der Waals surface area contributed by atoms with Gasteiger partial charge in [0, 0.05) is 11.3 Å². The summed E-state index contributed by atoms with van der Waals surface area (Å²) >= 11 is 1.63. The molecule has 0 aliphatic carbocycles. The first kappa shape index (κ1) is 14.9. The number of aryl methyl sites for hydroxylation is 1. The molecule has 0 fully saturated rings. The topological polar surface area (TPSA) is 41.5 Å². The van der Waals surface area contributed by atoms with Gasteiger partial charge in [-0.1, -0.05) is 32.6 Å². The van der Waals surface area contributed by atoms with Crippen LogP contribution < -0.4 is 5.43 Å². The summed E-state index contributed by atoms with van der Waals surface area (Å²) in [5.41, 5.74) is 3.77. The van der Waals surface area contributed by atoms with E-state index in [-0.39, 0.29) is 5.91 Å². The average molecular weight is 266 g/mol. The zero-order chi connectivity index (χ0) is 13.2. The summed E-state index contributed by atoms with van der Waals surface area (Å²) in [7, 11) is 0. The smallest absolute Gasteiger partial charge is 0.240 e. The maximum Gasteiger partial charge on any atom is 0.240 e. The Morgan fingerprint density at radius 1 is 1.39 bits per heavy atom. The van der Waals surface area contributed by atoms with Crippen LogP contribution in [0.2, 0.25) is 0 Å². The third-order valence-electron chi connectivity index (χ3n) is 2.78. The Balaban J connectivity index is 2.13. The highest BCUT2D eigenvalue weighted by atomic mass is 32.1. The van der Waals surface area contributed by atoms with Crippen LogP contribution in [-0.2, 0) is 4.79 Å². The Morgan fingerprint density at radius 2 is 2.17 bits per heavy atom. The Labute approximate surface area is 113 Å². The van der Waals surface area contributed by atoms with Crippen LogP contribution in [0.4, 0.5) is 0 Å². The molecule has 100 valence electrons. The van der Waals surface area contributed by atoms with Crippen molar-refractivity contribution in [3.05, 3.63) is 21.9 Å². The fourth-order valence-corrected chi connectivity index (χ4v) is 2.41. The van der Waals surface area contributed by atoms with Gasteiger partial charge in [0.05, 0.1) is 6.21 Å². The number of unbranched alkanes of at least 4 members (excludes halogenated alkanes) is 4. The van der Waals surface area contributed by atoms with Crippen molar-refractivity contribution in [2.24, 2.45) is 5.10 Å². The number of hydrogen-bond acceptors (Lipinski definition) is 3. The van der Waals surface area contributed by atoms with Crippen molar-refractivity contribution in [3.63, 3.8) is 0 Å². The highest BCUT2D eigenvalue weighted by Crippen LogP contribution is 2.12. The molecule has 1 rings (SSSR count). The normalized spacial score (nSPS) is 11.0. The van der Waals surface area contributed by atoms with Crippen LogP contribution in [0, 0.1) is 6.92 Å². The first-order valence-electron chi connectivity index (χ1n) is 6.60. The molecule has 0 aliphatic rings. The first-order valence-corrected chi connectivity index (χ1v) is 7.48. The molecule has 1 heterocycles. The molecule has 0 unspecified atom stereocenters. The highest BCUT2D eigenvalue weighted by molar-refractivity contribution is 7.11. The molecule has 0 spiro atoms. The van der Waals surface area contributed by atoms with Crippen molar-refractivity contribution in [1.82, 2.24) is 5.43 Å². The molecule has 0 aromatic carbocycles. The quantitative estimate of drug-likeness (QED) is 0.433. The number of hydrazone groups is 1. The molecule has 0 aliphatic heterocycles. The van der Waals surface area contributed by atoms with E-state index in [2.05, 4.69) is 17.5 Å². The van der Waals surface area contributed by atoms with Gasteiger partial charge in [-0.2, -0.15) is 5.10 Å². The van der Waals surface area contributed by atoms with Crippen molar-refractivity contribution < 1.29 is 4.79 Å². The summed E-state index contributed by atoms with van der Waals surface area (Å²) in [6.45, 7) is 4.22. The summed E-state index contributed by atoms with van der Waals surface area (Å²) in [4.78, 5) is 12.6. The molecular weight excluding hydrogens is 244 g/mol. The summed E-state index contributed by atoms with van der Waals surface area (Å²) in [5, 5.41) is 6.00. The Morgan fingerprint density at radius 3 is 2.83 bits per heavy atom. The molecule has 0 saturated heterocycles. The standard InChI is InChI=1S/C14H22N2OS/c1-3-4-5-6-7-8-14(17)16-15-11-13-12(2)9-10-18-13/h9-11H,3-8H2,1-2H3,(H,16,17)/b15-11-. The van der Waals surface area contributed by atoms with E-state index in [1.807, 2.05) is 18.4 Å². The van der Waals surface area contributed by atoms with Crippen molar-refractivity contribution >= 4 is 23.5 Å². The monoisotopic (exact) mass is 266 g/mol. The second-order valence-electron chi connectivity index (χ2n) is 4.43. The summed E-state index contributed by atoms with van der Waals surface area (Å²) in [5.74, 6) is 0.0111. The van der Waals surface area contributed by atoms with E-state index in [0.717, 1.165) is 17.7 Å². The molecule has 1 N–H and O–H groups in total. The minimum atomic E-state index is 0.0111. The Bertz CT molecular complexity index is 385. The van der Waals surface area contributed by atoms with Gasteiger partial charge in [0.2, 0.25) is 5.91 Å². The minimum Gasteiger partial charge on any atom is -0.273 e. The van der Waals surface area contributed by atoms with E-state index in [4.69, 9.17) is 0 Å². The van der Waals surface area contributed by atoms with E-state index < -0.39 is 0 Å². The number of thiophene rings is 1. The van der Waals surface area contributed by atoms with Crippen molar-refractivity contribution in [3.8, 4) is 0 Å². The Kier molecular flexibility index (Phi) is 7.34. The third kappa shape index (κ3) is 5.96. The fraction of sp³-hybridized carbons (Fsp3) is 0.571. The van der Waals surface area contributed by atoms with Gasteiger partial charge in [-0.15, -0.1) is 11.3 Å². The average Bonchev–Trinajstić information content (AvgIpc) is 2.75. The molecule has 0 radical (unpaired) electrons. The predicted octanol–water partition coefficient (Wildman–Crippen LogP) is 3.87. The largest absolute Gasteiger partial charge is 0.273 e. The van der Waals surface area contributed by atoms with Crippen LogP contribution in [0.5, 0.6) is 0 Å². The molecule has 0 atom stereocenters. The van der Waals surface area contributed by atoms with Crippen molar-refractivity contribution in [2.75, 3.05) is 0 Å². The molecular formula is C14H22N2OS. The van der Waals surface area contributed by atoms with Gasteiger partial charge in [0.15, 0.2) is 0 Å². The molecule has 18 heavy (non-hydrogen) atoms. The van der Waals surface area contributed by atoms with Gasteiger partial charge < -0.3 is 0 Å². The summed E-state index contributed by atoms with van der Waals surface area (Å²) in [6.07, 6.45) is 8.10. The van der Waals surface area contributed by atoms with Crippen LogP contribution in [0.25, 0.3) is 0 Å². The minimum absolute atomic E-state index is 0.0111. The van der Waals surface area contributed by atoms with E-state index >= 15 is 0 Å². The van der Waals surface area contributed by atoms with E-state index in [1.54, 1.807) is 17.6 Å². The number of nitrogens with one attached hydrogen (secondary N) is 1. The molecule has 0 saturated carbocycles. The number of nitrogens with zero attached hydrogens (tertiary/aromatic N) is 1. The van der Waals surface area contributed by atoms with E-state index in [0.29, 0.717) is 6.42 Å². The Hall–Kier alpha value is -1.16. The number of rotatable bonds is 8. The molecule has 1 aromatic heterocycles. The fourth-order valence-electron chi connectivity index (χ4n) is 1.62. The summed E-state index contributed by atoms with van der Waals surface area (Å²) < 4.78 is 0. The van der Waals surface area contributed by atoms with Crippen LogP contribution in [0.15, 0.2) is 16.5 Å². The van der Waals surface area contributed by atoms with Crippen LogP contribution in [0.1, 0.15) is 55.9 Å². The lowest BCUT2D eigenvalue weighted by Gasteiger charge is -1.99. The lowest BCUT2D eigenvalue weighted by molar-refractivity contribution is -0.121. The highest BCUT2D eigenvalue weighted by Gasteiger charge is 1.99. The van der Waals surface area contributed by atoms with Gasteiger partial charge in [-0.25, -0.2) is 5.43 Å². The zero-order valence-electron chi connectivity index (χ0n) is 11.2. The predicted molar refractivity (Wildman–Crippen MR) is 78.2 cm³/mol. The second-order valence-corrected chi connectivity index (χ2v) is 5.37. The van der Waals surface area contributed by atoms with Gasteiger partial charge in [-0.3, -0.25) is 4.79 Å². The maximum atomic E-state index is 11.5. The SMILES string of the molecule is CCCCCCCC(=O)N/N=C\c1sccc1C. The molecule has 1 amide bonds. The first-order chi connectivity index (χ1) is 8.74. The molecule has 0 bridgehead atoms. The number of hydrogen-bond donors (Lipinski definition) is 1. The van der Waals surface area contributed by atoms with Gasteiger partial charge in [0.25, 0.3) is 0 Å². The number of amides is 1. The van der Waals surface area contributed by atoms with Crippen molar-refractivity contribution in [2.45, 2.75) is 52.4 Å². The van der Waals surface area contributed by atoms with E-state index in [9.17, 15) is 4.79 Å². The zero-order valence-corrected chi connectivity index (χ0v) is 12.1. The van der Waals surface area contributed by atoms with Crippen LogP contribution in [-0.4, -0.2) is 12.1 Å². The van der Waals surface area contributed by atoms with Crippen LogP contribution >= 0.6 is 11.3 Å². The lowest BCUT2D eigenvalue weighted by Crippen LogP contribution is -2.16.